The second-order valence-electron chi connectivity index (χ2n) is 5.96. The highest BCUT2D eigenvalue weighted by Crippen LogP contribution is 2.24. The average Bonchev–Trinajstić information content (AvgIpc) is 2.65. The van der Waals surface area contributed by atoms with E-state index in [-0.39, 0.29) is 23.3 Å². The molecule has 1 N–H and O–H groups in total. The number of nitrogens with zero attached hydrogens (tertiary/aromatic N) is 2. The summed E-state index contributed by atoms with van der Waals surface area (Å²) in [5, 5.41) is 11.9. The molecule has 136 valence electrons. The van der Waals surface area contributed by atoms with Crippen molar-refractivity contribution in [1.29, 1.82) is 5.26 Å². The lowest BCUT2D eigenvalue weighted by atomic mass is 10.0. The number of rotatable bonds is 7. The molecule has 1 saturated heterocycles. The van der Waals surface area contributed by atoms with Gasteiger partial charge in [0.25, 0.3) is 5.91 Å². The molecule has 1 aliphatic heterocycles. The minimum absolute atomic E-state index is 0.0999. The van der Waals surface area contributed by atoms with Crippen molar-refractivity contribution < 1.29 is 13.2 Å². The van der Waals surface area contributed by atoms with E-state index in [0.29, 0.717) is 25.1 Å². The number of thioether (sulfide) groups is 1. The first-order valence-electron chi connectivity index (χ1n) is 8.26. The van der Waals surface area contributed by atoms with Crippen molar-refractivity contribution in [3.63, 3.8) is 0 Å². The van der Waals surface area contributed by atoms with Crippen molar-refractivity contribution in [2.24, 2.45) is 5.92 Å². The maximum Gasteiger partial charge on any atom is 0.251 e. The van der Waals surface area contributed by atoms with Crippen molar-refractivity contribution in [3.8, 4) is 6.07 Å². The number of hydrogen-bond acceptors (Lipinski definition) is 5. The Morgan fingerprint density at radius 3 is 3.00 bits per heavy atom. The van der Waals surface area contributed by atoms with Gasteiger partial charge in [-0.1, -0.05) is 6.07 Å². The molecule has 0 saturated carbocycles. The molecule has 8 heteroatoms. The van der Waals surface area contributed by atoms with Crippen LogP contribution in [0, 0.1) is 17.2 Å². The first-order chi connectivity index (χ1) is 12.0. The topological polar surface area (TPSA) is 90.3 Å². The highest BCUT2D eigenvalue weighted by atomic mass is 32.2. The molecule has 1 atom stereocenters. The van der Waals surface area contributed by atoms with Gasteiger partial charge in [-0.25, -0.2) is 8.42 Å². The summed E-state index contributed by atoms with van der Waals surface area (Å²) < 4.78 is 27.0. The smallest absolute Gasteiger partial charge is 0.251 e. The second-order valence-corrected chi connectivity index (χ2v) is 8.88. The van der Waals surface area contributed by atoms with Gasteiger partial charge in [-0.2, -0.15) is 21.3 Å². The Morgan fingerprint density at radius 2 is 2.28 bits per heavy atom. The van der Waals surface area contributed by atoms with E-state index in [9.17, 15) is 13.2 Å². The van der Waals surface area contributed by atoms with Crippen molar-refractivity contribution in [2.75, 3.05) is 31.6 Å². The molecular weight excluding hydrogens is 358 g/mol. The summed E-state index contributed by atoms with van der Waals surface area (Å²) in [4.78, 5) is 12.3. The van der Waals surface area contributed by atoms with Gasteiger partial charge in [0.2, 0.25) is 10.0 Å². The van der Waals surface area contributed by atoms with Crippen LogP contribution in [0.15, 0.2) is 29.2 Å². The number of carbonyl (C=O) groups excluding carboxylic acids is 1. The van der Waals surface area contributed by atoms with Crippen LogP contribution >= 0.6 is 11.8 Å². The van der Waals surface area contributed by atoms with Gasteiger partial charge in [-0.3, -0.25) is 4.79 Å². The number of carbonyl (C=O) groups is 1. The third kappa shape index (κ3) is 5.21. The lowest BCUT2D eigenvalue weighted by Gasteiger charge is -2.28. The molecule has 25 heavy (non-hydrogen) atoms. The Labute approximate surface area is 153 Å². The van der Waals surface area contributed by atoms with Crippen LogP contribution in [-0.2, 0) is 10.0 Å². The van der Waals surface area contributed by atoms with Gasteiger partial charge < -0.3 is 5.32 Å². The Bertz CT molecular complexity index is 744. The van der Waals surface area contributed by atoms with Crippen molar-refractivity contribution in [3.05, 3.63) is 29.8 Å². The summed E-state index contributed by atoms with van der Waals surface area (Å²) in [6, 6.07) is 8.24. The van der Waals surface area contributed by atoms with Gasteiger partial charge in [-0.15, -0.1) is 0 Å². The third-order valence-electron chi connectivity index (χ3n) is 4.11. The summed E-state index contributed by atoms with van der Waals surface area (Å²) in [5.74, 6) is 0.419. The van der Waals surface area contributed by atoms with Gasteiger partial charge in [0.15, 0.2) is 0 Å². The third-order valence-corrected chi connectivity index (χ3v) is 6.67. The monoisotopic (exact) mass is 381 g/mol. The minimum Gasteiger partial charge on any atom is -0.352 e. The predicted octanol–water partition coefficient (Wildman–Crippen LogP) is 2.09. The van der Waals surface area contributed by atoms with Crippen LogP contribution in [0.1, 0.15) is 29.6 Å². The maximum atomic E-state index is 12.8. The van der Waals surface area contributed by atoms with Crippen LogP contribution in [-0.4, -0.2) is 50.3 Å². The lowest BCUT2D eigenvalue weighted by molar-refractivity contribution is 0.0953. The standard InChI is InChI=1S/C17H23N3O3S2/c1-24-10-4-8-19-17(21)15-6-2-7-16(11-15)25(22,23)20-9-3-5-14(12-18)13-20/h2,6-7,11,14H,3-5,8-10,13H2,1H3,(H,19,21)/t14-/m1/s1. The molecule has 0 aromatic heterocycles. The van der Waals surface area contributed by atoms with Gasteiger partial charge in [-0.05, 0) is 49.5 Å². The molecule has 0 spiro atoms. The average molecular weight is 382 g/mol. The zero-order valence-electron chi connectivity index (χ0n) is 14.3. The molecular formula is C17H23N3O3S2. The summed E-state index contributed by atoms with van der Waals surface area (Å²) in [6.45, 7) is 1.18. The molecule has 0 aliphatic carbocycles. The summed E-state index contributed by atoms with van der Waals surface area (Å²) >= 11 is 1.71. The fourth-order valence-electron chi connectivity index (χ4n) is 2.73. The fraction of sp³-hybridized carbons (Fsp3) is 0.529. The Hall–Kier alpha value is -1.56. The number of benzene rings is 1. The number of sulfonamides is 1. The number of hydrogen-bond donors (Lipinski definition) is 1. The molecule has 0 unspecified atom stereocenters. The van der Waals surface area contributed by atoms with Crippen LogP contribution in [0.4, 0.5) is 0 Å². The molecule has 0 bridgehead atoms. The zero-order chi connectivity index (χ0) is 18.3. The zero-order valence-corrected chi connectivity index (χ0v) is 15.9. The largest absolute Gasteiger partial charge is 0.352 e. The van der Waals surface area contributed by atoms with E-state index >= 15 is 0 Å². The van der Waals surface area contributed by atoms with Crippen LogP contribution in [0.2, 0.25) is 0 Å². The molecule has 1 aromatic carbocycles. The molecule has 1 aliphatic rings. The van der Waals surface area contributed by atoms with E-state index in [2.05, 4.69) is 11.4 Å². The van der Waals surface area contributed by atoms with Crippen LogP contribution in [0.3, 0.4) is 0 Å². The summed E-state index contributed by atoms with van der Waals surface area (Å²) in [6.07, 6.45) is 4.27. The van der Waals surface area contributed by atoms with E-state index in [4.69, 9.17) is 5.26 Å². The molecule has 2 rings (SSSR count). The minimum atomic E-state index is -3.69. The van der Waals surface area contributed by atoms with E-state index in [1.165, 1.54) is 16.4 Å². The van der Waals surface area contributed by atoms with E-state index < -0.39 is 10.0 Å². The van der Waals surface area contributed by atoms with E-state index in [0.717, 1.165) is 18.6 Å². The first kappa shape index (κ1) is 19.8. The Morgan fingerprint density at radius 1 is 1.48 bits per heavy atom. The molecule has 1 heterocycles. The van der Waals surface area contributed by atoms with Crippen LogP contribution in [0.5, 0.6) is 0 Å². The molecule has 1 fully saturated rings. The molecule has 1 amide bonds. The van der Waals surface area contributed by atoms with Gasteiger partial charge >= 0.3 is 0 Å². The quantitative estimate of drug-likeness (QED) is 0.731. The fourth-order valence-corrected chi connectivity index (χ4v) is 4.74. The van der Waals surface area contributed by atoms with E-state index in [1.807, 2.05) is 6.26 Å². The second kappa shape index (κ2) is 9.22. The van der Waals surface area contributed by atoms with Gasteiger partial charge in [0, 0.05) is 25.2 Å². The van der Waals surface area contributed by atoms with Crippen LogP contribution in [0.25, 0.3) is 0 Å². The summed E-state index contributed by atoms with van der Waals surface area (Å²) in [7, 11) is -3.69. The van der Waals surface area contributed by atoms with Crippen LogP contribution < -0.4 is 5.32 Å². The Kier molecular flexibility index (Phi) is 7.29. The van der Waals surface area contributed by atoms with Crippen molar-refractivity contribution in [1.82, 2.24) is 9.62 Å². The Balaban J connectivity index is 2.11. The molecule has 0 radical (unpaired) electrons. The van der Waals surface area contributed by atoms with Crippen molar-refractivity contribution >= 4 is 27.7 Å². The lowest BCUT2D eigenvalue weighted by Crippen LogP contribution is -2.39. The maximum absolute atomic E-state index is 12.8. The number of amides is 1. The number of piperidine rings is 1. The van der Waals surface area contributed by atoms with Gasteiger partial charge in [0.05, 0.1) is 16.9 Å². The summed E-state index contributed by atoms with van der Waals surface area (Å²) in [5.41, 5.74) is 0.332. The normalized spacial score (nSPS) is 18.5. The highest BCUT2D eigenvalue weighted by molar-refractivity contribution is 7.98. The number of nitriles is 1. The highest BCUT2D eigenvalue weighted by Gasteiger charge is 2.30. The number of nitrogens with one attached hydrogen (secondary N) is 1. The predicted molar refractivity (Wildman–Crippen MR) is 98.9 cm³/mol. The SMILES string of the molecule is CSCCCNC(=O)c1cccc(S(=O)(=O)N2CCC[C@H](C#N)C2)c1. The molecule has 1 aromatic rings. The van der Waals surface area contributed by atoms with Crippen molar-refractivity contribution in [2.45, 2.75) is 24.2 Å². The first-order valence-corrected chi connectivity index (χ1v) is 11.1. The van der Waals surface area contributed by atoms with E-state index in [1.54, 1.807) is 23.9 Å². The molecule has 6 nitrogen and oxygen atoms in total. The van der Waals surface area contributed by atoms with Gasteiger partial charge in [0.1, 0.15) is 0 Å².